The number of carbonyl (C=O) groups is 1. The van der Waals surface area contributed by atoms with Gasteiger partial charge in [-0.05, 0) is 49.7 Å². The number of carboxylic acid groups (broad SMARTS) is 1. The van der Waals surface area contributed by atoms with Crippen LogP contribution in [0.1, 0.15) is 21.5 Å². The van der Waals surface area contributed by atoms with Crippen LogP contribution in [0.15, 0.2) is 17.0 Å². The van der Waals surface area contributed by atoms with Crippen molar-refractivity contribution < 1.29 is 18.3 Å². The van der Waals surface area contributed by atoms with Crippen LogP contribution in [0, 0.1) is 13.8 Å². The highest BCUT2D eigenvalue weighted by Crippen LogP contribution is 2.20. The first kappa shape index (κ1) is 12.7. The lowest BCUT2D eigenvalue weighted by atomic mass is 10.1. The lowest BCUT2D eigenvalue weighted by Crippen LogP contribution is -2.25. The third-order valence-electron chi connectivity index (χ3n) is 2.41. The molecule has 0 saturated heterocycles. The number of hydrogen-bond acceptors (Lipinski definition) is 4. The second kappa shape index (κ2) is 4.23. The number of nitrogens with one attached hydrogen (secondary N) is 1. The normalized spacial score (nSPS) is 11.4. The van der Waals surface area contributed by atoms with Crippen LogP contribution in [-0.4, -0.2) is 21.4 Å². The zero-order chi connectivity index (χ0) is 12.5. The third-order valence-corrected chi connectivity index (χ3v) is 3.95. The van der Waals surface area contributed by atoms with Crippen molar-refractivity contribution in [1.82, 2.24) is 4.72 Å². The molecule has 0 aliphatic rings. The minimum absolute atomic E-state index is 0.0331. The summed E-state index contributed by atoms with van der Waals surface area (Å²) in [5, 5.41) is 10.7. The highest BCUT2D eigenvalue weighted by atomic mass is 32.2. The summed E-state index contributed by atoms with van der Waals surface area (Å²) < 4.78 is 25.4. The van der Waals surface area contributed by atoms with Gasteiger partial charge in [0.05, 0.1) is 10.9 Å². The van der Waals surface area contributed by atoms with Gasteiger partial charge in [-0.25, -0.2) is 13.1 Å². The summed E-state index contributed by atoms with van der Waals surface area (Å²) in [5.74, 6) is -1.39. The third kappa shape index (κ3) is 2.23. The number of sulfonamides is 1. The molecule has 16 heavy (non-hydrogen) atoms. The second-order valence-corrected chi connectivity index (χ2v) is 5.27. The van der Waals surface area contributed by atoms with Crippen LogP contribution in [0.2, 0.25) is 0 Å². The van der Waals surface area contributed by atoms with Crippen LogP contribution in [-0.2, 0) is 10.0 Å². The summed E-state index contributed by atoms with van der Waals surface area (Å²) in [7, 11) is -2.37. The van der Waals surface area contributed by atoms with E-state index in [1.54, 1.807) is 13.8 Å². The molecule has 0 unspecified atom stereocenters. The Kier molecular flexibility index (Phi) is 3.35. The van der Waals surface area contributed by atoms with Crippen molar-refractivity contribution in [2.45, 2.75) is 18.7 Å². The molecule has 0 fully saturated rings. The van der Waals surface area contributed by atoms with Crippen molar-refractivity contribution in [3.63, 3.8) is 0 Å². The van der Waals surface area contributed by atoms with Gasteiger partial charge in [-0.3, -0.25) is 0 Å². The van der Waals surface area contributed by atoms with E-state index in [1.807, 2.05) is 0 Å². The maximum atomic E-state index is 11.6. The van der Waals surface area contributed by atoms with Gasteiger partial charge in [0.15, 0.2) is 0 Å². The average molecular weight is 242 g/mol. The van der Waals surface area contributed by atoms with Gasteiger partial charge in [-0.1, -0.05) is 0 Å². The molecule has 6 heteroatoms. The Morgan fingerprint density at radius 2 is 1.88 bits per heavy atom. The van der Waals surface area contributed by atoms with Crippen molar-refractivity contribution >= 4 is 16.0 Å². The summed E-state index contributed by atoms with van der Waals surface area (Å²) in [6.07, 6.45) is 0. The zero-order valence-corrected chi connectivity index (χ0v) is 10.0. The van der Waals surface area contributed by atoms with E-state index in [0.29, 0.717) is 11.1 Å². The SMILES string of the molecule is CNS(=O)(=O)c1cc(C(=O)[O-])cc(C)c1C. The summed E-state index contributed by atoms with van der Waals surface area (Å²) in [6, 6.07) is 2.49. The maximum absolute atomic E-state index is 11.6. The van der Waals surface area contributed by atoms with Gasteiger partial charge in [-0.2, -0.15) is 0 Å². The molecule has 1 rings (SSSR count). The summed E-state index contributed by atoms with van der Waals surface area (Å²) in [5.41, 5.74) is 0.979. The minimum atomic E-state index is -3.65. The minimum Gasteiger partial charge on any atom is -0.545 e. The van der Waals surface area contributed by atoms with E-state index in [-0.39, 0.29) is 10.5 Å². The molecule has 0 saturated carbocycles. The fraction of sp³-hybridized carbons (Fsp3) is 0.300. The molecule has 0 aliphatic heterocycles. The lowest BCUT2D eigenvalue weighted by Gasteiger charge is -2.12. The van der Waals surface area contributed by atoms with Crippen molar-refractivity contribution in [3.05, 3.63) is 28.8 Å². The number of aryl methyl sites for hydroxylation is 1. The smallest absolute Gasteiger partial charge is 0.240 e. The van der Waals surface area contributed by atoms with Crippen LogP contribution in [0.5, 0.6) is 0 Å². The van der Waals surface area contributed by atoms with E-state index in [4.69, 9.17) is 0 Å². The number of carboxylic acids is 1. The first-order valence-corrected chi connectivity index (χ1v) is 6.04. The predicted octanol–water partition coefficient (Wildman–Crippen LogP) is -0.425. The molecule has 0 radical (unpaired) electrons. The Labute approximate surface area is 94.2 Å². The van der Waals surface area contributed by atoms with Gasteiger partial charge in [0.2, 0.25) is 10.0 Å². The first-order chi connectivity index (χ1) is 7.29. The van der Waals surface area contributed by atoms with Crippen LogP contribution in [0.25, 0.3) is 0 Å². The first-order valence-electron chi connectivity index (χ1n) is 4.55. The van der Waals surface area contributed by atoms with E-state index in [1.165, 1.54) is 13.1 Å². The highest BCUT2D eigenvalue weighted by molar-refractivity contribution is 7.89. The summed E-state index contributed by atoms with van der Waals surface area (Å²) >= 11 is 0. The average Bonchev–Trinajstić information content (AvgIpc) is 2.21. The zero-order valence-electron chi connectivity index (χ0n) is 9.20. The molecular formula is C10H12NO4S-. The molecular weight excluding hydrogens is 230 g/mol. The van der Waals surface area contributed by atoms with Gasteiger partial charge in [-0.15, -0.1) is 0 Å². The van der Waals surface area contributed by atoms with Crippen LogP contribution in [0.3, 0.4) is 0 Å². The molecule has 5 nitrogen and oxygen atoms in total. The molecule has 88 valence electrons. The van der Waals surface area contributed by atoms with E-state index >= 15 is 0 Å². The Hall–Kier alpha value is -1.40. The Morgan fingerprint density at radius 1 is 1.31 bits per heavy atom. The number of hydrogen-bond donors (Lipinski definition) is 1. The van der Waals surface area contributed by atoms with Gasteiger partial charge >= 0.3 is 0 Å². The summed E-state index contributed by atoms with van der Waals surface area (Å²) in [6.45, 7) is 3.27. The Morgan fingerprint density at radius 3 is 2.31 bits per heavy atom. The van der Waals surface area contributed by atoms with Gasteiger partial charge in [0.25, 0.3) is 0 Å². The van der Waals surface area contributed by atoms with Gasteiger partial charge in [0.1, 0.15) is 0 Å². The monoisotopic (exact) mass is 242 g/mol. The second-order valence-electron chi connectivity index (χ2n) is 3.41. The molecule has 0 heterocycles. The van der Waals surface area contributed by atoms with E-state index in [0.717, 1.165) is 6.07 Å². The van der Waals surface area contributed by atoms with Crippen molar-refractivity contribution in [1.29, 1.82) is 0 Å². The molecule has 1 N–H and O–H groups in total. The fourth-order valence-corrected chi connectivity index (χ4v) is 2.40. The molecule has 0 aromatic heterocycles. The van der Waals surface area contributed by atoms with Gasteiger partial charge in [0, 0.05) is 0 Å². The molecule has 0 amide bonds. The Balaban J connectivity index is 3.57. The maximum Gasteiger partial charge on any atom is 0.240 e. The molecule has 0 spiro atoms. The molecule has 0 atom stereocenters. The molecule has 0 aliphatic carbocycles. The molecule has 1 aromatic rings. The topological polar surface area (TPSA) is 86.3 Å². The van der Waals surface area contributed by atoms with Crippen molar-refractivity contribution in [2.75, 3.05) is 7.05 Å². The number of carbonyl (C=O) groups excluding carboxylic acids is 1. The molecule has 0 bridgehead atoms. The van der Waals surface area contributed by atoms with Crippen LogP contribution in [0.4, 0.5) is 0 Å². The molecule has 1 aromatic carbocycles. The van der Waals surface area contributed by atoms with Gasteiger partial charge < -0.3 is 9.90 Å². The number of benzene rings is 1. The summed E-state index contributed by atoms with van der Waals surface area (Å²) in [4.78, 5) is 10.7. The van der Waals surface area contributed by atoms with Crippen molar-refractivity contribution in [3.8, 4) is 0 Å². The highest BCUT2D eigenvalue weighted by Gasteiger charge is 2.17. The standard InChI is InChI=1S/C10H13NO4S/c1-6-4-8(10(12)13)5-9(7(6)2)16(14,15)11-3/h4-5,11H,1-3H3,(H,12,13)/p-1. The van der Waals surface area contributed by atoms with Crippen molar-refractivity contribution in [2.24, 2.45) is 0 Å². The van der Waals surface area contributed by atoms with E-state index in [2.05, 4.69) is 4.72 Å². The fourth-order valence-electron chi connectivity index (χ4n) is 1.33. The van der Waals surface area contributed by atoms with E-state index in [9.17, 15) is 18.3 Å². The van der Waals surface area contributed by atoms with Crippen LogP contribution >= 0.6 is 0 Å². The quantitative estimate of drug-likeness (QED) is 0.779. The lowest BCUT2D eigenvalue weighted by molar-refractivity contribution is -0.255. The largest absolute Gasteiger partial charge is 0.545 e. The predicted molar refractivity (Wildman–Crippen MR) is 56.5 cm³/mol. The Bertz CT molecular complexity index is 534. The van der Waals surface area contributed by atoms with E-state index < -0.39 is 16.0 Å². The number of aromatic carboxylic acids is 1. The van der Waals surface area contributed by atoms with Crippen LogP contribution < -0.4 is 9.83 Å². The number of rotatable bonds is 3.